The van der Waals surface area contributed by atoms with Gasteiger partial charge in [-0.05, 0) is 37.1 Å². The van der Waals surface area contributed by atoms with Crippen LogP contribution < -0.4 is 4.90 Å². The average molecular weight is 291 g/mol. The fourth-order valence-corrected chi connectivity index (χ4v) is 2.22. The van der Waals surface area contributed by atoms with Crippen molar-refractivity contribution in [3.63, 3.8) is 0 Å². The van der Waals surface area contributed by atoms with Crippen LogP contribution in [0, 0.1) is 6.92 Å². The number of hydrogen-bond acceptors (Lipinski definition) is 1. The summed E-state index contributed by atoms with van der Waals surface area (Å²) in [6.07, 6.45) is 4.50. The van der Waals surface area contributed by atoms with Crippen molar-refractivity contribution in [1.82, 2.24) is 4.57 Å². The summed E-state index contributed by atoms with van der Waals surface area (Å²) >= 11 is 6.15. The van der Waals surface area contributed by atoms with Gasteiger partial charge in [0.2, 0.25) is 5.91 Å². The van der Waals surface area contributed by atoms with Crippen LogP contribution in [0.1, 0.15) is 18.9 Å². The summed E-state index contributed by atoms with van der Waals surface area (Å²) in [5.41, 5.74) is 1.97. The number of para-hydroxylation sites is 1. The van der Waals surface area contributed by atoms with Gasteiger partial charge in [-0.15, -0.1) is 11.6 Å². The van der Waals surface area contributed by atoms with Gasteiger partial charge >= 0.3 is 0 Å². The van der Waals surface area contributed by atoms with Crippen LogP contribution in [0.5, 0.6) is 0 Å². The monoisotopic (exact) mass is 290 g/mol. The first kappa shape index (κ1) is 14.7. The molecule has 0 aliphatic heterocycles. The minimum absolute atomic E-state index is 0.0582. The van der Waals surface area contributed by atoms with Crippen molar-refractivity contribution < 1.29 is 4.79 Å². The van der Waals surface area contributed by atoms with Crippen molar-refractivity contribution in [2.24, 2.45) is 0 Å². The molecule has 1 unspecified atom stereocenters. The van der Waals surface area contributed by atoms with Crippen LogP contribution >= 0.6 is 11.6 Å². The molecule has 0 saturated heterocycles. The maximum atomic E-state index is 12.5. The molecule has 1 atom stereocenters. The van der Waals surface area contributed by atoms with Gasteiger partial charge in [0.1, 0.15) is 12.0 Å². The fourth-order valence-electron chi connectivity index (χ4n) is 2.10. The molecule has 1 aromatic carbocycles. The molecular formula is C16H19ClN2O. The molecule has 0 bridgehead atoms. The third kappa shape index (κ3) is 3.23. The molecule has 2 rings (SSSR count). The number of amides is 1. The summed E-state index contributed by atoms with van der Waals surface area (Å²) in [4.78, 5) is 14.3. The lowest BCUT2D eigenvalue weighted by molar-refractivity contribution is -0.118. The van der Waals surface area contributed by atoms with E-state index in [0.717, 1.165) is 11.3 Å². The van der Waals surface area contributed by atoms with Crippen LogP contribution in [-0.4, -0.2) is 15.9 Å². The molecule has 0 spiro atoms. The number of carbonyl (C=O) groups excluding carboxylic acids is 1. The molecule has 106 valence electrons. The number of rotatable bonds is 5. The van der Waals surface area contributed by atoms with Crippen LogP contribution in [0.15, 0.2) is 48.8 Å². The minimum atomic E-state index is -0.495. The van der Waals surface area contributed by atoms with Crippen molar-refractivity contribution in [2.45, 2.75) is 32.3 Å². The van der Waals surface area contributed by atoms with E-state index >= 15 is 0 Å². The predicted octanol–water partition coefficient (Wildman–Crippen LogP) is 3.80. The van der Waals surface area contributed by atoms with E-state index in [-0.39, 0.29) is 5.91 Å². The first-order valence-electron chi connectivity index (χ1n) is 6.75. The van der Waals surface area contributed by atoms with Gasteiger partial charge in [-0.25, -0.2) is 0 Å². The average Bonchev–Trinajstić information content (AvgIpc) is 2.97. The van der Waals surface area contributed by atoms with E-state index in [0.29, 0.717) is 13.1 Å². The highest BCUT2D eigenvalue weighted by Crippen LogP contribution is 2.22. The normalized spacial score (nSPS) is 12.2. The maximum absolute atomic E-state index is 12.5. The van der Waals surface area contributed by atoms with E-state index in [9.17, 15) is 4.79 Å². The van der Waals surface area contributed by atoms with Crippen LogP contribution in [-0.2, 0) is 11.5 Å². The molecule has 0 N–H and O–H groups in total. The SMILES string of the molecule is CCC(Cl)C(=O)N(Cn1cccc1)c1ccccc1C. The summed E-state index contributed by atoms with van der Waals surface area (Å²) < 4.78 is 1.96. The first-order chi connectivity index (χ1) is 9.63. The van der Waals surface area contributed by atoms with Gasteiger partial charge in [-0.2, -0.15) is 0 Å². The Kier molecular flexibility index (Phi) is 4.85. The van der Waals surface area contributed by atoms with Crippen molar-refractivity contribution >= 4 is 23.2 Å². The molecule has 1 aromatic heterocycles. The zero-order valence-electron chi connectivity index (χ0n) is 11.8. The Morgan fingerprint density at radius 1 is 1.25 bits per heavy atom. The van der Waals surface area contributed by atoms with Gasteiger partial charge < -0.3 is 4.57 Å². The number of nitrogens with zero attached hydrogens (tertiary/aromatic N) is 2. The molecule has 0 saturated carbocycles. The van der Waals surface area contributed by atoms with E-state index in [4.69, 9.17) is 11.6 Å². The second kappa shape index (κ2) is 6.62. The molecule has 3 nitrogen and oxygen atoms in total. The third-order valence-electron chi connectivity index (χ3n) is 3.27. The van der Waals surface area contributed by atoms with Gasteiger partial charge in [0.05, 0.1) is 0 Å². The van der Waals surface area contributed by atoms with Crippen LogP contribution in [0.25, 0.3) is 0 Å². The number of carbonyl (C=O) groups is 1. The number of alkyl halides is 1. The lowest BCUT2D eigenvalue weighted by atomic mass is 10.1. The molecular weight excluding hydrogens is 272 g/mol. The molecule has 1 heterocycles. The fraction of sp³-hybridized carbons (Fsp3) is 0.312. The summed E-state index contributed by atoms with van der Waals surface area (Å²) in [7, 11) is 0. The summed E-state index contributed by atoms with van der Waals surface area (Å²) in [5.74, 6) is -0.0582. The maximum Gasteiger partial charge on any atom is 0.246 e. The van der Waals surface area contributed by atoms with Gasteiger partial charge in [0.15, 0.2) is 0 Å². The molecule has 0 aliphatic carbocycles. The Hall–Kier alpha value is -1.74. The quantitative estimate of drug-likeness (QED) is 0.769. The Morgan fingerprint density at radius 3 is 2.50 bits per heavy atom. The van der Waals surface area contributed by atoms with Crippen LogP contribution in [0.3, 0.4) is 0 Å². The molecule has 20 heavy (non-hydrogen) atoms. The zero-order valence-corrected chi connectivity index (χ0v) is 12.5. The number of aryl methyl sites for hydroxylation is 1. The zero-order chi connectivity index (χ0) is 14.5. The van der Waals surface area contributed by atoms with Crippen LogP contribution in [0.4, 0.5) is 5.69 Å². The van der Waals surface area contributed by atoms with E-state index in [1.165, 1.54) is 0 Å². The van der Waals surface area contributed by atoms with Crippen molar-refractivity contribution in [3.05, 3.63) is 54.4 Å². The number of aromatic nitrogens is 1. The number of halogens is 1. The molecule has 0 fully saturated rings. The standard InChI is InChI=1S/C16H19ClN2O/c1-3-14(17)16(20)19(12-18-10-6-7-11-18)15-9-5-4-8-13(15)2/h4-11,14H,3,12H2,1-2H3. The summed E-state index contributed by atoms with van der Waals surface area (Å²) in [5, 5.41) is -0.495. The highest BCUT2D eigenvalue weighted by atomic mass is 35.5. The van der Waals surface area contributed by atoms with E-state index < -0.39 is 5.38 Å². The third-order valence-corrected chi connectivity index (χ3v) is 3.76. The largest absolute Gasteiger partial charge is 0.336 e. The van der Waals surface area contributed by atoms with Crippen molar-refractivity contribution in [1.29, 1.82) is 0 Å². The lowest BCUT2D eigenvalue weighted by Crippen LogP contribution is -2.38. The number of anilines is 1. The van der Waals surface area contributed by atoms with Gasteiger partial charge in [0, 0.05) is 18.1 Å². The first-order valence-corrected chi connectivity index (χ1v) is 7.19. The smallest absolute Gasteiger partial charge is 0.246 e. The Balaban J connectivity index is 2.33. The Labute approximate surface area is 124 Å². The molecule has 0 aliphatic rings. The van der Waals surface area contributed by atoms with E-state index in [2.05, 4.69) is 0 Å². The van der Waals surface area contributed by atoms with Gasteiger partial charge in [0.25, 0.3) is 0 Å². The van der Waals surface area contributed by atoms with E-state index in [1.807, 2.05) is 67.2 Å². The Bertz CT molecular complexity index is 566. The summed E-state index contributed by atoms with van der Waals surface area (Å²) in [6, 6.07) is 11.7. The summed E-state index contributed by atoms with van der Waals surface area (Å²) in [6.45, 7) is 4.39. The molecule has 1 amide bonds. The van der Waals surface area contributed by atoms with Crippen LogP contribution in [0.2, 0.25) is 0 Å². The topological polar surface area (TPSA) is 25.2 Å². The van der Waals surface area contributed by atoms with E-state index in [1.54, 1.807) is 4.90 Å². The van der Waals surface area contributed by atoms with Gasteiger partial charge in [-0.3, -0.25) is 9.69 Å². The minimum Gasteiger partial charge on any atom is -0.336 e. The molecule has 4 heteroatoms. The highest BCUT2D eigenvalue weighted by molar-refractivity contribution is 6.32. The molecule has 2 aromatic rings. The van der Waals surface area contributed by atoms with Crippen molar-refractivity contribution in [2.75, 3.05) is 4.90 Å². The predicted molar refractivity (Wildman–Crippen MR) is 83.0 cm³/mol. The number of hydrogen-bond donors (Lipinski definition) is 0. The second-order valence-electron chi connectivity index (χ2n) is 4.77. The number of benzene rings is 1. The second-order valence-corrected chi connectivity index (χ2v) is 5.29. The van der Waals surface area contributed by atoms with Gasteiger partial charge in [-0.1, -0.05) is 25.1 Å². The highest BCUT2D eigenvalue weighted by Gasteiger charge is 2.23. The lowest BCUT2D eigenvalue weighted by Gasteiger charge is -2.26. The Morgan fingerprint density at radius 2 is 1.90 bits per heavy atom. The van der Waals surface area contributed by atoms with Crippen molar-refractivity contribution in [3.8, 4) is 0 Å². The molecule has 0 radical (unpaired) electrons.